The van der Waals surface area contributed by atoms with Crippen LogP contribution in [-0.2, 0) is 18.3 Å². The van der Waals surface area contributed by atoms with E-state index in [9.17, 15) is 13.2 Å². The molecule has 0 spiro atoms. The number of aromatic nitrogens is 5. The van der Waals surface area contributed by atoms with E-state index in [1.165, 1.54) is 28.6 Å². The highest BCUT2D eigenvalue weighted by molar-refractivity contribution is 7.98. The van der Waals surface area contributed by atoms with Gasteiger partial charge in [0.1, 0.15) is 0 Å². The minimum absolute atomic E-state index is 0.0894. The summed E-state index contributed by atoms with van der Waals surface area (Å²) in [6.45, 7) is 0. The zero-order valence-electron chi connectivity index (χ0n) is 14.1. The second kappa shape index (κ2) is 8.21. The molecule has 2 heterocycles. The van der Waals surface area contributed by atoms with Crippen molar-refractivity contribution in [1.29, 1.82) is 0 Å². The molecule has 1 aromatic carbocycles. The molecule has 0 aliphatic rings. The standard InChI is InChI=1S/C15H15F3N6OS2/c1-26-6-5-11-21-22-14(24(11)19)27-8-12-20-13(23-25-12)9-3-2-4-10(7-9)15(16,17)18/h2-4,7H,5-6,8,19H2,1H3. The number of aryl methyl sites for hydroxylation is 1. The molecule has 3 rings (SSSR count). The highest BCUT2D eigenvalue weighted by Gasteiger charge is 2.30. The molecule has 7 nitrogen and oxygen atoms in total. The van der Waals surface area contributed by atoms with Gasteiger partial charge in [0.05, 0.1) is 11.3 Å². The van der Waals surface area contributed by atoms with Crippen molar-refractivity contribution in [3.8, 4) is 11.4 Å². The van der Waals surface area contributed by atoms with Crippen molar-refractivity contribution < 1.29 is 17.7 Å². The van der Waals surface area contributed by atoms with E-state index in [2.05, 4.69) is 20.3 Å². The minimum Gasteiger partial charge on any atom is -0.338 e. The van der Waals surface area contributed by atoms with E-state index in [1.54, 1.807) is 11.8 Å². The van der Waals surface area contributed by atoms with Gasteiger partial charge in [-0.1, -0.05) is 29.1 Å². The van der Waals surface area contributed by atoms with Crippen molar-refractivity contribution in [1.82, 2.24) is 25.0 Å². The molecule has 0 unspecified atom stereocenters. The number of nitrogen functional groups attached to an aromatic ring is 1. The fourth-order valence-corrected chi connectivity index (χ4v) is 3.26. The maximum absolute atomic E-state index is 12.8. The summed E-state index contributed by atoms with van der Waals surface area (Å²) in [5.41, 5.74) is -0.541. The Morgan fingerprint density at radius 3 is 2.81 bits per heavy atom. The summed E-state index contributed by atoms with van der Waals surface area (Å²) in [6, 6.07) is 4.76. The van der Waals surface area contributed by atoms with Crippen LogP contribution in [0.4, 0.5) is 13.2 Å². The predicted molar refractivity (Wildman–Crippen MR) is 96.6 cm³/mol. The summed E-state index contributed by atoms with van der Waals surface area (Å²) in [4.78, 5) is 4.14. The van der Waals surface area contributed by atoms with Crippen LogP contribution in [0.2, 0.25) is 0 Å². The Kier molecular flexibility index (Phi) is 5.95. The number of halogens is 3. The molecule has 0 atom stereocenters. The Hall–Kier alpha value is -2.21. The molecule has 0 saturated carbocycles. The number of benzene rings is 1. The summed E-state index contributed by atoms with van der Waals surface area (Å²) < 4.78 is 45.0. The van der Waals surface area contributed by atoms with E-state index in [0.29, 0.717) is 17.4 Å². The van der Waals surface area contributed by atoms with Crippen molar-refractivity contribution in [3.63, 3.8) is 0 Å². The highest BCUT2D eigenvalue weighted by Crippen LogP contribution is 2.31. The molecule has 2 N–H and O–H groups in total. The number of thioether (sulfide) groups is 2. The van der Waals surface area contributed by atoms with Crippen LogP contribution in [0.3, 0.4) is 0 Å². The highest BCUT2D eigenvalue weighted by atomic mass is 32.2. The fourth-order valence-electron chi connectivity index (χ4n) is 2.16. The van der Waals surface area contributed by atoms with Crippen LogP contribution in [0, 0.1) is 0 Å². The minimum atomic E-state index is -4.43. The lowest BCUT2D eigenvalue weighted by Crippen LogP contribution is -2.14. The molecular formula is C15H15F3N6OS2. The van der Waals surface area contributed by atoms with Crippen LogP contribution in [-0.4, -0.2) is 37.0 Å². The van der Waals surface area contributed by atoms with E-state index in [0.717, 1.165) is 17.9 Å². The summed E-state index contributed by atoms with van der Waals surface area (Å²) in [7, 11) is 0. The smallest absolute Gasteiger partial charge is 0.338 e. The number of nitrogens with zero attached hydrogens (tertiary/aromatic N) is 5. The van der Waals surface area contributed by atoms with E-state index >= 15 is 0 Å². The zero-order valence-corrected chi connectivity index (χ0v) is 15.7. The maximum Gasteiger partial charge on any atom is 0.416 e. The summed E-state index contributed by atoms with van der Waals surface area (Å²) in [6.07, 6.45) is -1.74. The zero-order chi connectivity index (χ0) is 19.4. The van der Waals surface area contributed by atoms with Gasteiger partial charge in [-0.2, -0.15) is 29.9 Å². The number of nitrogens with two attached hydrogens (primary N) is 1. The van der Waals surface area contributed by atoms with Crippen LogP contribution >= 0.6 is 23.5 Å². The fraction of sp³-hybridized carbons (Fsp3) is 0.333. The van der Waals surface area contributed by atoms with Crippen LogP contribution in [0.1, 0.15) is 17.3 Å². The Balaban J connectivity index is 1.68. The van der Waals surface area contributed by atoms with E-state index in [4.69, 9.17) is 10.4 Å². The van der Waals surface area contributed by atoms with Gasteiger partial charge >= 0.3 is 6.18 Å². The molecule has 144 valence electrons. The topological polar surface area (TPSA) is 95.6 Å². The molecule has 0 fully saturated rings. The molecule has 0 radical (unpaired) electrons. The number of alkyl halides is 3. The molecule has 12 heteroatoms. The van der Waals surface area contributed by atoms with Gasteiger partial charge < -0.3 is 10.4 Å². The van der Waals surface area contributed by atoms with Crippen LogP contribution in [0.15, 0.2) is 33.9 Å². The van der Waals surface area contributed by atoms with Gasteiger partial charge in [0.25, 0.3) is 0 Å². The average molecular weight is 416 g/mol. The first kappa shape index (κ1) is 19.5. The number of hydrogen-bond donors (Lipinski definition) is 1. The second-order valence-corrected chi connectivity index (χ2v) is 7.32. The number of hydrogen-bond acceptors (Lipinski definition) is 8. The maximum atomic E-state index is 12.8. The van der Waals surface area contributed by atoms with E-state index in [1.807, 2.05) is 6.26 Å². The summed E-state index contributed by atoms with van der Waals surface area (Å²) in [5.74, 6) is 8.11. The van der Waals surface area contributed by atoms with Gasteiger partial charge in [-0.25, -0.2) is 4.68 Å². The molecule has 0 aliphatic carbocycles. The molecule has 0 saturated heterocycles. The van der Waals surface area contributed by atoms with Crippen molar-refractivity contribution in [2.45, 2.75) is 23.5 Å². The predicted octanol–water partition coefficient (Wildman–Crippen LogP) is 3.26. The third kappa shape index (κ3) is 4.75. The molecule has 0 amide bonds. The lowest BCUT2D eigenvalue weighted by molar-refractivity contribution is -0.137. The molecular weight excluding hydrogens is 401 g/mol. The Morgan fingerprint density at radius 1 is 1.26 bits per heavy atom. The van der Waals surface area contributed by atoms with Gasteiger partial charge in [0.2, 0.25) is 16.9 Å². The molecule has 2 aromatic heterocycles. The van der Waals surface area contributed by atoms with Gasteiger partial charge in [-0.05, 0) is 18.4 Å². The van der Waals surface area contributed by atoms with Crippen molar-refractivity contribution in [3.05, 3.63) is 41.5 Å². The first-order chi connectivity index (χ1) is 12.9. The summed E-state index contributed by atoms with van der Waals surface area (Å²) in [5, 5.41) is 12.3. The average Bonchev–Trinajstić information content (AvgIpc) is 3.25. The first-order valence-corrected chi connectivity index (χ1v) is 10.1. The third-order valence-electron chi connectivity index (χ3n) is 3.51. The van der Waals surface area contributed by atoms with Crippen LogP contribution in [0.5, 0.6) is 0 Å². The quantitative estimate of drug-likeness (QED) is 0.463. The van der Waals surface area contributed by atoms with Crippen LogP contribution in [0.25, 0.3) is 11.4 Å². The number of rotatable bonds is 7. The lowest BCUT2D eigenvalue weighted by atomic mass is 10.1. The van der Waals surface area contributed by atoms with E-state index in [-0.39, 0.29) is 23.0 Å². The second-order valence-electron chi connectivity index (χ2n) is 5.39. The van der Waals surface area contributed by atoms with Crippen molar-refractivity contribution in [2.75, 3.05) is 17.9 Å². The van der Waals surface area contributed by atoms with E-state index < -0.39 is 11.7 Å². The Labute approximate surface area is 160 Å². The third-order valence-corrected chi connectivity index (χ3v) is 5.05. The summed E-state index contributed by atoms with van der Waals surface area (Å²) >= 11 is 2.93. The van der Waals surface area contributed by atoms with Crippen LogP contribution < -0.4 is 5.84 Å². The van der Waals surface area contributed by atoms with Crippen molar-refractivity contribution >= 4 is 23.5 Å². The van der Waals surface area contributed by atoms with Crippen molar-refractivity contribution in [2.24, 2.45) is 0 Å². The van der Waals surface area contributed by atoms with Gasteiger partial charge in [-0.15, -0.1) is 10.2 Å². The largest absolute Gasteiger partial charge is 0.416 e. The molecule has 3 aromatic rings. The Bertz CT molecular complexity index is 911. The lowest BCUT2D eigenvalue weighted by Gasteiger charge is -2.06. The van der Waals surface area contributed by atoms with Gasteiger partial charge in [0.15, 0.2) is 5.82 Å². The molecule has 27 heavy (non-hydrogen) atoms. The van der Waals surface area contributed by atoms with Gasteiger partial charge in [0, 0.05) is 17.7 Å². The van der Waals surface area contributed by atoms with Gasteiger partial charge in [-0.3, -0.25) is 0 Å². The monoisotopic (exact) mass is 416 g/mol. The first-order valence-electron chi connectivity index (χ1n) is 7.70. The normalized spacial score (nSPS) is 11.9. The Morgan fingerprint density at radius 2 is 2.07 bits per heavy atom. The SMILES string of the molecule is CSCCc1nnc(SCc2nc(-c3cccc(C(F)(F)F)c3)no2)n1N. The molecule has 0 aliphatic heterocycles. The molecule has 0 bridgehead atoms.